The number of benzene rings is 1. The van der Waals surface area contributed by atoms with Crippen LogP contribution in [0.5, 0.6) is 5.75 Å². The van der Waals surface area contributed by atoms with Gasteiger partial charge >= 0.3 is 6.36 Å². The molecule has 3 rings (SSSR count). The highest BCUT2D eigenvalue weighted by Crippen LogP contribution is 2.30. The first-order chi connectivity index (χ1) is 13.6. The molecule has 1 amide bonds. The van der Waals surface area contributed by atoms with E-state index >= 15 is 0 Å². The van der Waals surface area contributed by atoms with Gasteiger partial charge in [0, 0.05) is 25.1 Å². The van der Waals surface area contributed by atoms with Gasteiger partial charge in [-0.05, 0) is 37.1 Å². The summed E-state index contributed by atoms with van der Waals surface area (Å²) in [5.41, 5.74) is 1.39. The molecule has 1 N–H and O–H groups in total. The zero-order valence-corrected chi connectivity index (χ0v) is 15.8. The fraction of sp³-hybridized carbons (Fsp3) is 0.421. The van der Waals surface area contributed by atoms with Crippen LogP contribution >= 0.6 is 0 Å². The summed E-state index contributed by atoms with van der Waals surface area (Å²) in [6, 6.07) is 5.37. The summed E-state index contributed by atoms with van der Waals surface area (Å²) in [5, 5.41) is 2.60. The average Bonchev–Trinajstić information content (AvgIpc) is 2.64. The van der Waals surface area contributed by atoms with Crippen molar-refractivity contribution in [3.8, 4) is 17.0 Å². The molecule has 2 aromatic rings. The number of anilines is 1. The Kier molecular flexibility index (Phi) is 5.90. The van der Waals surface area contributed by atoms with Gasteiger partial charge in [0.25, 0.3) is 0 Å². The Hall–Kier alpha value is -2.91. The molecule has 0 aliphatic carbocycles. The summed E-state index contributed by atoms with van der Waals surface area (Å²) in [5.74, 6) is -0.0493. The summed E-state index contributed by atoms with van der Waals surface area (Å²) >= 11 is 0. The predicted molar refractivity (Wildman–Crippen MR) is 98.2 cm³/mol. The third kappa shape index (κ3) is 5.33. The number of aromatic nitrogens is 2. The smallest absolute Gasteiger partial charge is 0.406 e. The molecule has 1 aliphatic rings. The quantitative estimate of drug-likeness (QED) is 0.780. The van der Waals surface area contributed by atoms with Gasteiger partial charge in [0.2, 0.25) is 5.91 Å². The van der Waals surface area contributed by atoms with Crippen LogP contribution in [-0.2, 0) is 4.79 Å². The van der Waals surface area contributed by atoms with Crippen molar-refractivity contribution in [2.24, 2.45) is 0 Å². The van der Waals surface area contributed by atoms with Crippen molar-refractivity contribution < 1.29 is 27.1 Å². The van der Waals surface area contributed by atoms with E-state index in [0.717, 1.165) is 0 Å². The minimum Gasteiger partial charge on any atom is -0.406 e. The number of amides is 1. The molecule has 0 spiro atoms. The maximum absolute atomic E-state index is 14.4. The standard InChI is InChI=1S/C19H20F4N4O2/c1-11-7-13(3-4-17(11)29-19(21,22)23)16-8-18(25-10-24-16)27-6-5-15(14(20)9-27)26-12(2)28/h3-4,7-8,10,14-15H,5-6,9H2,1-2H3,(H,26,28)/t14-,15-/m1/s1. The van der Waals surface area contributed by atoms with Crippen molar-refractivity contribution in [3.05, 3.63) is 36.2 Å². The molecule has 156 valence electrons. The molecule has 10 heteroatoms. The number of nitrogens with zero attached hydrogens (tertiary/aromatic N) is 3. The Morgan fingerprint density at radius 3 is 2.66 bits per heavy atom. The number of carbonyl (C=O) groups is 1. The number of halogens is 4. The molecule has 1 aromatic carbocycles. The van der Waals surface area contributed by atoms with Crippen LogP contribution in [0.1, 0.15) is 18.9 Å². The molecule has 1 aromatic heterocycles. The predicted octanol–water partition coefficient (Wildman–Crippen LogP) is 3.40. The molecule has 0 bridgehead atoms. The van der Waals surface area contributed by atoms with Crippen LogP contribution in [0.4, 0.5) is 23.4 Å². The lowest BCUT2D eigenvalue weighted by Crippen LogP contribution is -2.52. The van der Waals surface area contributed by atoms with Crippen LogP contribution < -0.4 is 15.0 Å². The SMILES string of the molecule is CC(=O)N[C@@H]1CCN(c2cc(-c3ccc(OC(F)(F)F)c(C)c3)ncn2)C[C@H]1F. The van der Waals surface area contributed by atoms with Gasteiger partial charge in [-0.15, -0.1) is 13.2 Å². The second-order valence-corrected chi connectivity index (χ2v) is 6.85. The molecule has 6 nitrogen and oxygen atoms in total. The summed E-state index contributed by atoms with van der Waals surface area (Å²) < 4.78 is 55.7. The lowest BCUT2D eigenvalue weighted by Gasteiger charge is -2.35. The highest BCUT2D eigenvalue weighted by molar-refractivity contribution is 5.73. The first kappa shape index (κ1) is 20.8. The van der Waals surface area contributed by atoms with E-state index in [2.05, 4.69) is 20.0 Å². The number of ether oxygens (including phenoxy) is 1. The maximum atomic E-state index is 14.4. The first-order valence-electron chi connectivity index (χ1n) is 8.97. The number of alkyl halides is 4. The minimum absolute atomic E-state index is 0.0682. The van der Waals surface area contributed by atoms with Crippen molar-refractivity contribution in [3.63, 3.8) is 0 Å². The fourth-order valence-corrected chi connectivity index (χ4v) is 3.26. The zero-order chi connectivity index (χ0) is 21.2. The molecule has 0 unspecified atom stereocenters. The normalized spacial score (nSPS) is 19.7. The van der Waals surface area contributed by atoms with Crippen LogP contribution in [0.15, 0.2) is 30.6 Å². The van der Waals surface area contributed by atoms with E-state index in [1.165, 1.54) is 38.4 Å². The molecule has 2 heterocycles. The number of carbonyl (C=O) groups excluding carboxylic acids is 1. The maximum Gasteiger partial charge on any atom is 0.573 e. The number of hydrogen-bond acceptors (Lipinski definition) is 5. The Bertz CT molecular complexity index is 891. The minimum atomic E-state index is -4.76. The fourth-order valence-electron chi connectivity index (χ4n) is 3.26. The lowest BCUT2D eigenvalue weighted by molar-refractivity contribution is -0.274. The molecule has 29 heavy (non-hydrogen) atoms. The summed E-state index contributed by atoms with van der Waals surface area (Å²) in [7, 11) is 0. The molecular formula is C19H20F4N4O2. The van der Waals surface area contributed by atoms with Crippen molar-refractivity contribution >= 4 is 11.7 Å². The number of hydrogen-bond donors (Lipinski definition) is 1. The van der Waals surface area contributed by atoms with Crippen LogP contribution in [0.3, 0.4) is 0 Å². The van der Waals surface area contributed by atoms with Crippen LogP contribution in [0, 0.1) is 6.92 Å². The van der Waals surface area contributed by atoms with Gasteiger partial charge in [-0.3, -0.25) is 4.79 Å². The van der Waals surface area contributed by atoms with Crippen molar-refractivity contribution in [1.82, 2.24) is 15.3 Å². The van der Waals surface area contributed by atoms with Crippen LogP contribution in [0.25, 0.3) is 11.3 Å². The molecule has 2 atom stereocenters. The van der Waals surface area contributed by atoms with E-state index < -0.39 is 18.6 Å². The molecule has 0 radical (unpaired) electrons. The molecular weight excluding hydrogens is 392 g/mol. The van der Waals surface area contributed by atoms with E-state index in [0.29, 0.717) is 35.6 Å². The molecule has 0 saturated carbocycles. The van der Waals surface area contributed by atoms with Crippen molar-refractivity contribution in [2.75, 3.05) is 18.0 Å². The summed E-state index contributed by atoms with van der Waals surface area (Å²) in [4.78, 5) is 21.3. The first-order valence-corrected chi connectivity index (χ1v) is 8.97. The van der Waals surface area contributed by atoms with Gasteiger partial charge in [-0.1, -0.05) is 0 Å². The van der Waals surface area contributed by atoms with E-state index in [-0.39, 0.29) is 18.2 Å². The molecule has 1 fully saturated rings. The third-order valence-electron chi connectivity index (χ3n) is 4.60. The highest BCUT2D eigenvalue weighted by Gasteiger charge is 2.32. The van der Waals surface area contributed by atoms with E-state index in [9.17, 15) is 22.4 Å². The molecule has 1 aliphatic heterocycles. The van der Waals surface area contributed by atoms with E-state index in [1.807, 2.05) is 0 Å². The summed E-state index contributed by atoms with van der Waals surface area (Å²) in [6.07, 6.45) is -4.25. The van der Waals surface area contributed by atoms with Gasteiger partial charge in [0.1, 0.15) is 24.1 Å². The largest absolute Gasteiger partial charge is 0.573 e. The lowest BCUT2D eigenvalue weighted by atomic mass is 10.0. The Balaban J connectivity index is 1.77. The number of aryl methyl sites for hydroxylation is 1. The van der Waals surface area contributed by atoms with Gasteiger partial charge < -0.3 is 15.0 Å². The Morgan fingerprint density at radius 1 is 1.28 bits per heavy atom. The second kappa shape index (κ2) is 8.22. The number of piperidine rings is 1. The van der Waals surface area contributed by atoms with Gasteiger partial charge in [0.05, 0.1) is 18.3 Å². The van der Waals surface area contributed by atoms with Gasteiger partial charge in [0.15, 0.2) is 0 Å². The van der Waals surface area contributed by atoms with Gasteiger partial charge in [-0.2, -0.15) is 0 Å². The monoisotopic (exact) mass is 412 g/mol. The second-order valence-electron chi connectivity index (χ2n) is 6.85. The zero-order valence-electron chi connectivity index (χ0n) is 15.8. The number of nitrogens with one attached hydrogen (secondary N) is 1. The Labute approximate surface area is 164 Å². The number of rotatable bonds is 4. The average molecular weight is 412 g/mol. The van der Waals surface area contributed by atoms with Crippen molar-refractivity contribution in [2.45, 2.75) is 38.8 Å². The highest BCUT2D eigenvalue weighted by atomic mass is 19.4. The van der Waals surface area contributed by atoms with Gasteiger partial charge in [-0.25, -0.2) is 14.4 Å². The van der Waals surface area contributed by atoms with Crippen LogP contribution in [0.2, 0.25) is 0 Å². The van der Waals surface area contributed by atoms with E-state index in [4.69, 9.17) is 0 Å². The topological polar surface area (TPSA) is 67.4 Å². The van der Waals surface area contributed by atoms with Crippen LogP contribution in [-0.4, -0.2) is 47.5 Å². The van der Waals surface area contributed by atoms with E-state index in [1.54, 1.807) is 11.0 Å². The van der Waals surface area contributed by atoms with Crippen molar-refractivity contribution in [1.29, 1.82) is 0 Å². The third-order valence-corrected chi connectivity index (χ3v) is 4.60. The Morgan fingerprint density at radius 2 is 2.03 bits per heavy atom. The summed E-state index contributed by atoms with van der Waals surface area (Å²) in [6.45, 7) is 3.42. The molecule has 1 saturated heterocycles.